The third kappa shape index (κ3) is 3.98. The van der Waals surface area contributed by atoms with Crippen molar-refractivity contribution >= 4 is 0 Å². The third-order valence-electron chi connectivity index (χ3n) is 3.18. The second-order valence-electron chi connectivity index (χ2n) is 4.60. The van der Waals surface area contributed by atoms with Crippen LogP contribution in [0.3, 0.4) is 0 Å². The quantitative estimate of drug-likeness (QED) is 0.679. The Labute approximate surface area is 111 Å². The van der Waals surface area contributed by atoms with Crippen LogP contribution in [0, 0.1) is 0 Å². The van der Waals surface area contributed by atoms with Gasteiger partial charge in [-0.15, -0.1) is 6.58 Å². The highest BCUT2D eigenvalue weighted by Gasteiger charge is 2.16. The summed E-state index contributed by atoms with van der Waals surface area (Å²) in [6.07, 6.45) is 6.29. The molecule has 3 nitrogen and oxygen atoms in total. The molecular formula is C15H27N3. The van der Waals surface area contributed by atoms with E-state index in [4.69, 9.17) is 0 Å². The average molecular weight is 249 g/mol. The third-order valence-corrected chi connectivity index (χ3v) is 3.18. The van der Waals surface area contributed by atoms with Crippen LogP contribution in [0.4, 0.5) is 0 Å². The molecular weight excluding hydrogens is 222 g/mol. The van der Waals surface area contributed by atoms with Crippen molar-refractivity contribution in [3.05, 3.63) is 30.1 Å². The van der Waals surface area contributed by atoms with Gasteiger partial charge in [-0.3, -0.25) is 4.68 Å². The largest absolute Gasteiger partial charge is 0.309 e. The molecule has 1 N–H and O–H groups in total. The summed E-state index contributed by atoms with van der Waals surface area (Å²) in [6, 6.07) is 2.65. The smallest absolute Gasteiger partial charge is 0.0625 e. The summed E-state index contributed by atoms with van der Waals surface area (Å²) in [6.45, 7) is 12.3. The number of hydrogen-bond donors (Lipinski definition) is 1. The lowest BCUT2D eigenvalue weighted by Gasteiger charge is -2.18. The molecule has 1 aromatic rings. The van der Waals surface area contributed by atoms with Crippen LogP contribution in [-0.2, 0) is 13.0 Å². The molecule has 1 aromatic heterocycles. The first-order valence-corrected chi connectivity index (χ1v) is 7.17. The van der Waals surface area contributed by atoms with E-state index in [1.807, 2.05) is 6.08 Å². The van der Waals surface area contributed by atoms with Crippen molar-refractivity contribution in [2.24, 2.45) is 0 Å². The predicted molar refractivity (Wildman–Crippen MR) is 77.7 cm³/mol. The first-order valence-electron chi connectivity index (χ1n) is 7.17. The summed E-state index contributed by atoms with van der Waals surface area (Å²) < 4.78 is 2.13. The average Bonchev–Trinajstić information content (AvgIpc) is 2.82. The fraction of sp³-hybridized carbons (Fsp3) is 0.667. The molecule has 1 heterocycles. The number of rotatable bonds is 9. The van der Waals surface area contributed by atoms with Crippen LogP contribution in [0.25, 0.3) is 0 Å². The monoisotopic (exact) mass is 249 g/mol. The van der Waals surface area contributed by atoms with Gasteiger partial charge in [0.15, 0.2) is 0 Å². The van der Waals surface area contributed by atoms with Crippen LogP contribution >= 0.6 is 0 Å². The lowest BCUT2D eigenvalue weighted by Crippen LogP contribution is -2.24. The second kappa shape index (κ2) is 8.09. The van der Waals surface area contributed by atoms with Gasteiger partial charge in [0.2, 0.25) is 0 Å². The number of allylic oxidation sites excluding steroid dienone is 1. The van der Waals surface area contributed by atoms with E-state index in [9.17, 15) is 0 Å². The van der Waals surface area contributed by atoms with Crippen LogP contribution < -0.4 is 5.32 Å². The number of hydrogen-bond acceptors (Lipinski definition) is 2. The first-order chi connectivity index (χ1) is 8.76. The van der Waals surface area contributed by atoms with Gasteiger partial charge in [0.05, 0.1) is 11.4 Å². The Morgan fingerprint density at radius 3 is 2.78 bits per heavy atom. The number of nitrogens with one attached hydrogen (secondary N) is 1. The van der Waals surface area contributed by atoms with Gasteiger partial charge in [0, 0.05) is 12.6 Å². The van der Waals surface area contributed by atoms with Crippen molar-refractivity contribution in [3.8, 4) is 0 Å². The van der Waals surface area contributed by atoms with Gasteiger partial charge >= 0.3 is 0 Å². The SMILES string of the molecule is C=CCCC(NCCC)c1cc(CC)nn1CC. The number of nitrogens with zero attached hydrogens (tertiary/aromatic N) is 2. The molecule has 0 aliphatic carbocycles. The Morgan fingerprint density at radius 2 is 2.22 bits per heavy atom. The molecule has 3 heteroatoms. The van der Waals surface area contributed by atoms with Crippen molar-refractivity contribution in [2.75, 3.05) is 6.54 Å². The van der Waals surface area contributed by atoms with Gasteiger partial charge in [-0.2, -0.15) is 5.10 Å². The van der Waals surface area contributed by atoms with E-state index in [0.717, 1.165) is 38.8 Å². The Balaban J connectivity index is 2.86. The van der Waals surface area contributed by atoms with Crippen LogP contribution in [0.5, 0.6) is 0 Å². The molecule has 0 aliphatic rings. The van der Waals surface area contributed by atoms with E-state index < -0.39 is 0 Å². The van der Waals surface area contributed by atoms with E-state index in [0.29, 0.717) is 6.04 Å². The van der Waals surface area contributed by atoms with E-state index in [-0.39, 0.29) is 0 Å². The van der Waals surface area contributed by atoms with Gasteiger partial charge < -0.3 is 5.32 Å². The lowest BCUT2D eigenvalue weighted by molar-refractivity contribution is 0.459. The second-order valence-corrected chi connectivity index (χ2v) is 4.60. The van der Waals surface area contributed by atoms with Crippen LogP contribution in [-0.4, -0.2) is 16.3 Å². The highest BCUT2D eigenvalue weighted by molar-refractivity contribution is 5.15. The van der Waals surface area contributed by atoms with Crippen LogP contribution in [0.2, 0.25) is 0 Å². The minimum absolute atomic E-state index is 0.399. The normalized spacial score (nSPS) is 12.6. The van der Waals surface area contributed by atoms with Gasteiger partial charge in [0.25, 0.3) is 0 Å². The van der Waals surface area contributed by atoms with Gasteiger partial charge in [-0.25, -0.2) is 0 Å². The molecule has 0 amide bonds. The molecule has 0 fully saturated rings. The molecule has 0 spiro atoms. The van der Waals surface area contributed by atoms with Crippen molar-refractivity contribution in [2.45, 2.75) is 59.0 Å². The maximum Gasteiger partial charge on any atom is 0.0625 e. The highest BCUT2D eigenvalue weighted by atomic mass is 15.3. The van der Waals surface area contributed by atoms with Crippen LogP contribution in [0.1, 0.15) is 57.5 Å². The first kappa shape index (κ1) is 15.0. The molecule has 1 unspecified atom stereocenters. The zero-order valence-corrected chi connectivity index (χ0v) is 12.1. The molecule has 0 saturated carbocycles. The standard InChI is InChI=1S/C15H27N3/c1-5-9-10-14(16-11-6-2)15-12-13(7-3)17-18(15)8-4/h5,12,14,16H,1,6-11H2,2-4H3. The van der Waals surface area contributed by atoms with Gasteiger partial charge in [-0.05, 0) is 45.2 Å². The summed E-state index contributed by atoms with van der Waals surface area (Å²) in [7, 11) is 0. The molecule has 0 aromatic carbocycles. The Morgan fingerprint density at radius 1 is 1.44 bits per heavy atom. The van der Waals surface area contributed by atoms with Crippen molar-refractivity contribution in [1.82, 2.24) is 15.1 Å². The fourth-order valence-corrected chi connectivity index (χ4v) is 2.15. The van der Waals surface area contributed by atoms with Crippen LogP contribution in [0.15, 0.2) is 18.7 Å². The minimum atomic E-state index is 0.399. The topological polar surface area (TPSA) is 29.9 Å². The molecule has 0 radical (unpaired) electrons. The Hall–Kier alpha value is -1.09. The van der Waals surface area contributed by atoms with Crippen molar-refractivity contribution in [3.63, 3.8) is 0 Å². The fourth-order valence-electron chi connectivity index (χ4n) is 2.15. The molecule has 18 heavy (non-hydrogen) atoms. The maximum atomic E-state index is 4.64. The molecule has 0 aliphatic heterocycles. The van der Waals surface area contributed by atoms with Crippen molar-refractivity contribution < 1.29 is 0 Å². The maximum absolute atomic E-state index is 4.64. The molecule has 102 valence electrons. The van der Waals surface area contributed by atoms with E-state index in [1.165, 1.54) is 11.4 Å². The van der Waals surface area contributed by atoms with E-state index in [2.05, 4.69) is 48.5 Å². The van der Waals surface area contributed by atoms with E-state index in [1.54, 1.807) is 0 Å². The van der Waals surface area contributed by atoms with E-state index >= 15 is 0 Å². The van der Waals surface area contributed by atoms with Crippen molar-refractivity contribution in [1.29, 1.82) is 0 Å². The molecule has 1 atom stereocenters. The summed E-state index contributed by atoms with van der Waals surface area (Å²) >= 11 is 0. The Kier molecular flexibility index (Phi) is 6.73. The minimum Gasteiger partial charge on any atom is -0.309 e. The summed E-state index contributed by atoms with van der Waals surface area (Å²) in [4.78, 5) is 0. The molecule has 0 bridgehead atoms. The molecule has 0 saturated heterocycles. The van der Waals surface area contributed by atoms with Gasteiger partial charge in [0.1, 0.15) is 0 Å². The highest BCUT2D eigenvalue weighted by Crippen LogP contribution is 2.20. The van der Waals surface area contributed by atoms with Gasteiger partial charge in [-0.1, -0.05) is 19.9 Å². The number of aryl methyl sites for hydroxylation is 2. The summed E-state index contributed by atoms with van der Waals surface area (Å²) in [5.41, 5.74) is 2.51. The Bertz CT molecular complexity index is 355. The summed E-state index contributed by atoms with van der Waals surface area (Å²) in [5.74, 6) is 0. The molecule has 1 rings (SSSR count). The zero-order valence-electron chi connectivity index (χ0n) is 12.1. The number of aromatic nitrogens is 2. The predicted octanol–water partition coefficient (Wildman–Crippen LogP) is 3.47. The zero-order chi connectivity index (χ0) is 13.4. The summed E-state index contributed by atoms with van der Waals surface area (Å²) in [5, 5.41) is 8.26. The lowest BCUT2D eigenvalue weighted by atomic mass is 10.1.